The van der Waals surface area contributed by atoms with E-state index in [0.717, 1.165) is 28.5 Å². The quantitative estimate of drug-likeness (QED) is 0.401. The van der Waals surface area contributed by atoms with Crippen molar-refractivity contribution in [1.82, 2.24) is 9.55 Å². The number of thioether (sulfide) groups is 1. The highest BCUT2D eigenvalue weighted by Crippen LogP contribution is 2.33. The van der Waals surface area contributed by atoms with Crippen molar-refractivity contribution < 1.29 is 13.9 Å². The molecule has 0 N–H and O–H groups in total. The van der Waals surface area contributed by atoms with Crippen LogP contribution >= 0.6 is 35.8 Å². The summed E-state index contributed by atoms with van der Waals surface area (Å²) in [5.74, 6) is -0.177. The highest BCUT2D eigenvalue weighted by Gasteiger charge is 2.41. The number of aromatic nitrogens is 2. The van der Waals surface area contributed by atoms with Gasteiger partial charge in [0.05, 0.1) is 25.6 Å². The van der Waals surface area contributed by atoms with Gasteiger partial charge in [0, 0.05) is 34.5 Å². The second kappa shape index (κ2) is 10.6. The third-order valence-corrected chi connectivity index (χ3v) is 6.25. The van der Waals surface area contributed by atoms with Gasteiger partial charge in [0.25, 0.3) is 0 Å². The van der Waals surface area contributed by atoms with Gasteiger partial charge < -0.3 is 14.0 Å². The summed E-state index contributed by atoms with van der Waals surface area (Å²) in [4.78, 5) is 5.14. The Kier molecular flexibility index (Phi) is 8.20. The van der Waals surface area contributed by atoms with Crippen LogP contribution in [0.1, 0.15) is 12.0 Å². The van der Waals surface area contributed by atoms with Gasteiger partial charge in [-0.1, -0.05) is 23.7 Å². The van der Waals surface area contributed by atoms with Crippen molar-refractivity contribution in [2.45, 2.75) is 36.2 Å². The minimum Gasteiger partial charge on any atom is -0.345 e. The van der Waals surface area contributed by atoms with Gasteiger partial charge in [-0.3, -0.25) is 0 Å². The number of aryl methyl sites for hydroxylation is 1. The van der Waals surface area contributed by atoms with E-state index in [4.69, 9.17) is 21.1 Å². The van der Waals surface area contributed by atoms with Crippen molar-refractivity contribution in [3.8, 4) is 0 Å². The van der Waals surface area contributed by atoms with E-state index in [-0.39, 0.29) is 24.3 Å². The van der Waals surface area contributed by atoms with Crippen LogP contribution in [0.2, 0.25) is 5.02 Å². The Bertz CT molecular complexity index is 910. The maximum Gasteiger partial charge on any atom is 0.187 e. The van der Waals surface area contributed by atoms with E-state index < -0.39 is 5.79 Å². The number of rotatable bonds is 8. The fourth-order valence-electron chi connectivity index (χ4n) is 3.36. The smallest absolute Gasteiger partial charge is 0.187 e. The lowest BCUT2D eigenvalue weighted by atomic mass is 10.0. The summed E-state index contributed by atoms with van der Waals surface area (Å²) in [5.41, 5.74) is 1.19. The molecule has 2 aromatic carbocycles. The van der Waals surface area contributed by atoms with Crippen molar-refractivity contribution >= 4 is 35.8 Å². The second-order valence-electron chi connectivity index (χ2n) is 7.09. The van der Waals surface area contributed by atoms with E-state index >= 15 is 0 Å². The fraction of sp³-hybridized carbons (Fsp3) is 0.318. The standard InChI is InChI=1S/C22H22ClFN2O2S.ClH/c23-18-3-1-17(2-4-18)9-10-22(15-26-12-11-25-16-26)27-13-20(28-22)14-29-21-7-5-19(24)6-8-21;/h1-8,11-12,16,20H,9-10,13-15H2;1H. The molecular weight excluding hydrogens is 446 g/mol. The zero-order valence-electron chi connectivity index (χ0n) is 16.2. The monoisotopic (exact) mass is 468 g/mol. The number of hydrogen-bond acceptors (Lipinski definition) is 4. The number of imidazole rings is 1. The van der Waals surface area contributed by atoms with Crippen LogP contribution in [0.4, 0.5) is 4.39 Å². The molecule has 1 aliphatic rings. The highest BCUT2D eigenvalue weighted by molar-refractivity contribution is 7.99. The van der Waals surface area contributed by atoms with Gasteiger partial charge >= 0.3 is 0 Å². The molecule has 3 aromatic rings. The molecule has 2 atom stereocenters. The van der Waals surface area contributed by atoms with Gasteiger partial charge in [0.1, 0.15) is 5.82 Å². The summed E-state index contributed by atoms with van der Waals surface area (Å²) in [6.45, 7) is 1.11. The van der Waals surface area contributed by atoms with Gasteiger partial charge in [-0.2, -0.15) is 0 Å². The summed E-state index contributed by atoms with van der Waals surface area (Å²) in [5, 5.41) is 0.730. The maximum absolute atomic E-state index is 13.1. The topological polar surface area (TPSA) is 36.3 Å². The van der Waals surface area contributed by atoms with E-state index in [9.17, 15) is 4.39 Å². The molecule has 0 amide bonds. The number of halogens is 3. The van der Waals surface area contributed by atoms with Crippen LogP contribution in [-0.2, 0) is 22.4 Å². The average molecular weight is 469 g/mol. The lowest BCUT2D eigenvalue weighted by molar-refractivity contribution is -0.180. The maximum atomic E-state index is 13.1. The normalized spacial score (nSPS) is 20.8. The predicted molar refractivity (Wildman–Crippen MR) is 120 cm³/mol. The lowest BCUT2D eigenvalue weighted by Gasteiger charge is -2.28. The van der Waals surface area contributed by atoms with Crippen LogP contribution in [0.25, 0.3) is 0 Å². The molecule has 0 saturated carbocycles. The van der Waals surface area contributed by atoms with Gasteiger partial charge in [-0.15, -0.1) is 24.2 Å². The molecule has 30 heavy (non-hydrogen) atoms. The molecule has 1 aliphatic heterocycles. The summed E-state index contributed by atoms with van der Waals surface area (Å²) >= 11 is 7.64. The molecule has 1 aromatic heterocycles. The molecule has 4 rings (SSSR count). The van der Waals surface area contributed by atoms with Crippen molar-refractivity contribution in [1.29, 1.82) is 0 Å². The van der Waals surface area contributed by atoms with E-state index in [1.54, 1.807) is 36.4 Å². The minimum absolute atomic E-state index is 0. The SMILES string of the molecule is Cl.Fc1ccc(SCC2COC(CCc3ccc(Cl)cc3)(Cn3ccnc3)O2)cc1. The number of ether oxygens (including phenoxy) is 2. The summed E-state index contributed by atoms with van der Waals surface area (Å²) in [6.07, 6.45) is 6.96. The first-order chi connectivity index (χ1) is 14.1. The third-order valence-electron chi connectivity index (χ3n) is 4.85. The largest absolute Gasteiger partial charge is 0.345 e. The average Bonchev–Trinajstić information content (AvgIpc) is 3.38. The minimum atomic E-state index is -0.700. The van der Waals surface area contributed by atoms with Crippen molar-refractivity contribution in [2.24, 2.45) is 0 Å². The van der Waals surface area contributed by atoms with Crippen molar-refractivity contribution in [2.75, 3.05) is 12.4 Å². The Labute approximate surface area is 191 Å². The summed E-state index contributed by atoms with van der Waals surface area (Å²) in [6, 6.07) is 14.4. The first-order valence-corrected chi connectivity index (χ1v) is 10.9. The van der Waals surface area contributed by atoms with Gasteiger partial charge in [-0.25, -0.2) is 9.37 Å². The molecule has 160 valence electrons. The van der Waals surface area contributed by atoms with Crippen LogP contribution < -0.4 is 0 Å². The molecule has 4 nitrogen and oxygen atoms in total. The van der Waals surface area contributed by atoms with E-state index in [0.29, 0.717) is 13.2 Å². The zero-order valence-corrected chi connectivity index (χ0v) is 18.6. The Morgan fingerprint density at radius 3 is 2.63 bits per heavy atom. The van der Waals surface area contributed by atoms with Gasteiger partial charge in [0.15, 0.2) is 5.79 Å². The predicted octanol–water partition coefficient (Wildman–Crippen LogP) is 5.63. The number of benzene rings is 2. The molecular formula is C22H23Cl2FN2O2S. The van der Waals surface area contributed by atoms with Crippen molar-refractivity contribution in [3.63, 3.8) is 0 Å². The highest BCUT2D eigenvalue weighted by atomic mass is 35.5. The van der Waals surface area contributed by atoms with E-state index in [1.807, 2.05) is 35.0 Å². The van der Waals surface area contributed by atoms with E-state index in [1.165, 1.54) is 17.7 Å². The Morgan fingerprint density at radius 1 is 1.17 bits per heavy atom. The molecule has 0 radical (unpaired) electrons. The lowest BCUT2D eigenvalue weighted by Crippen LogP contribution is -2.37. The number of hydrogen-bond donors (Lipinski definition) is 0. The second-order valence-corrected chi connectivity index (χ2v) is 8.62. The zero-order chi connectivity index (χ0) is 20.1. The Balaban J connectivity index is 0.00000256. The molecule has 0 bridgehead atoms. The fourth-order valence-corrected chi connectivity index (χ4v) is 4.35. The van der Waals surface area contributed by atoms with E-state index in [2.05, 4.69) is 4.98 Å². The molecule has 8 heteroatoms. The van der Waals surface area contributed by atoms with Crippen LogP contribution in [0.15, 0.2) is 72.1 Å². The molecule has 1 saturated heterocycles. The van der Waals surface area contributed by atoms with Crippen LogP contribution in [-0.4, -0.2) is 33.8 Å². The molecule has 1 fully saturated rings. The first kappa shape index (κ1) is 23.1. The third kappa shape index (κ3) is 6.22. The molecule has 0 aliphatic carbocycles. The van der Waals surface area contributed by atoms with Crippen LogP contribution in [0.5, 0.6) is 0 Å². The number of nitrogens with zero attached hydrogens (tertiary/aromatic N) is 2. The van der Waals surface area contributed by atoms with Crippen LogP contribution in [0, 0.1) is 5.82 Å². The summed E-state index contributed by atoms with van der Waals surface area (Å²) < 4.78 is 27.7. The molecule has 2 unspecified atom stereocenters. The van der Waals surface area contributed by atoms with Crippen molar-refractivity contribution in [3.05, 3.63) is 83.7 Å². The molecule has 2 heterocycles. The Hall–Kier alpha value is -1.57. The molecule has 0 spiro atoms. The first-order valence-electron chi connectivity index (χ1n) is 9.51. The summed E-state index contributed by atoms with van der Waals surface area (Å²) in [7, 11) is 0. The van der Waals surface area contributed by atoms with Gasteiger partial charge in [-0.05, 0) is 48.4 Å². The van der Waals surface area contributed by atoms with Crippen LogP contribution in [0.3, 0.4) is 0 Å². The Morgan fingerprint density at radius 2 is 1.93 bits per heavy atom. The van der Waals surface area contributed by atoms with Gasteiger partial charge in [0.2, 0.25) is 0 Å².